The minimum atomic E-state index is -5.08. The predicted molar refractivity (Wildman–Crippen MR) is 181 cm³/mol. The van der Waals surface area contributed by atoms with E-state index in [-0.39, 0.29) is 24.1 Å². The lowest BCUT2D eigenvalue weighted by atomic mass is 9.67. The second-order valence-electron chi connectivity index (χ2n) is 13.1. The van der Waals surface area contributed by atoms with E-state index in [1.165, 1.54) is 0 Å². The van der Waals surface area contributed by atoms with Gasteiger partial charge in [-0.15, -0.1) is 0 Å². The van der Waals surface area contributed by atoms with Crippen LogP contribution >= 0.6 is 0 Å². The lowest BCUT2D eigenvalue weighted by Gasteiger charge is -2.38. The number of hydrogen-bond donors (Lipinski definition) is 2. The van der Waals surface area contributed by atoms with E-state index in [2.05, 4.69) is 36.4 Å². The molecule has 3 fully saturated rings. The summed E-state index contributed by atoms with van der Waals surface area (Å²) in [7, 11) is 0. The first kappa shape index (κ1) is 36.6. The van der Waals surface area contributed by atoms with Crippen molar-refractivity contribution < 1.29 is 37.5 Å². The molecule has 3 atom stereocenters. The fraction of sp³-hybridized carbons (Fsp3) is 0.421. The van der Waals surface area contributed by atoms with Crippen molar-refractivity contribution in [3.8, 4) is 0 Å². The van der Waals surface area contributed by atoms with Crippen LogP contribution in [0.2, 0.25) is 0 Å². The van der Waals surface area contributed by atoms with Gasteiger partial charge in [-0.05, 0) is 61.3 Å². The Labute approximate surface area is 289 Å². The molecule has 3 aliphatic heterocycles. The third kappa shape index (κ3) is 7.85. The van der Waals surface area contributed by atoms with Crippen molar-refractivity contribution in [1.29, 1.82) is 0 Å². The van der Waals surface area contributed by atoms with Crippen molar-refractivity contribution in [3.05, 3.63) is 108 Å². The lowest BCUT2D eigenvalue weighted by Crippen LogP contribution is -2.53. The van der Waals surface area contributed by atoms with Crippen LogP contribution in [-0.2, 0) is 24.6 Å². The summed E-state index contributed by atoms with van der Waals surface area (Å²) in [5.74, 6) is -2.51. The van der Waals surface area contributed by atoms with Crippen LogP contribution in [-0.4, -0.2) is 94.5 Å². The maximum atomic E-state index is 14.5. The first-order valence-corrected chi connectivity index (χ1v) is 17.0. The number of likely N-dealkylation sites (tertiary alicyclic amines) is 3. The Kier molecular flexibility index (Phi) is 11.6. The summed E-state index contributed by atoms with van der Waals surface area (Å²) < 4.78 is 31.7. The van der Waals surface area contributed by atoms with E-state index < -0.39 is 29.6 Å². The van der Waals surface area contributed by atoms with Crippen molar-refractivity contribution in [3.63, 3.8) is 0 Å². The summed E-state index contributed by atoms with van der Waals surface area (Å²) in [6.07, 6.45) is -1.10. The number of amides is 3. The molecule has 0 spiro atoms. The average Bonchev–Trinajstić information content (AvgIpc) is 3.93. The highest BCUT2D eigenvalue weighted by Gasteiger charge is 2.46. The molecule has 0 bridgehead atoms. The average molecular weight is 693 g/mol. The number of carbonyl (C=O) groups is 4. The summed E-state index contributed by atoms with van der Waals surface area (Å²) in [5, 5.41) is 7.12. The maximum Gasteiger partial charge on any atom is 0.490 e. The number of hydrogen-bond acceptors (Lipinski definition) is 5. The van der Waals surface area contributed by atoms with Gasteiger partial charge in [0.15, 0.2) is 0 Å². The highest BCUT2D eigenvalue weighted by molar-refractivity contribution is 5.93. The van der Waals surface area contributed by atoms with Crippen LogP contribution in [0.3, 0.4) is 0 Å². The molecule has 3 saturated heterocycles. The Morgan fingerprint density at radius 1 is 0.680 bits per heavy atom. The van der Waals surface area contributed by atoms with Gasteiger partial charge in [0, 0.05) is 32.6 Å². The molecule has 3 aliphatic rings. The highest BCUT2D eigenvalue weighted by Crippen LogP contribution is 2.43. The van der Waals surface area contributed by atoms with E-state index in [1.54, 1.807) is 9.80 Å². The molecule has 6 rings (SSSR count). The summed E-state index contributed by atoms with van der Waals surface area (Å²) in [5.41, 5.74) is 8.25. The largest absolute Gasteiger partial charge is 0.490 e. The Balaban J connectivity index is 0.000000630. The normalized spacial score (nSPS) is 20.7. The molecular formula is C38H43F3N4O5. The van der Waals surface area contributed by atoms with Gasteiger partial charge in [0.2, 0.25) is 17.7 Å². The molecule has 0 aromatic heterocycles. The van der Waals surface area contributed by atoms with E-state index in [4.69, 9.17) is 15.6 Å². The molecule has 9 nitrogen and oxygen atoms in total. The number of rotatable bonds is 8. The van der Waals surface area contributed by atoms with E-state index in [9.17, 15) is 27.6 Å². The van der Waals surface area contributed by atoms with E-state index in [0.717, 1.165) is 36.0 Å². The summed E-state index contributed by atoms with van der Waals surface area (Å²) in [4.78, 5) is 56.5. The molecular weight excluding hydrogens is 649 g/mol. The van der Waals surface area contributed by atoms with Gasteiger partial charge < -0.3 is 25.5 Å². The standard InChI is InChI=1S/C36H42N4O3.C2HF3O2/c37-25-27-20-23-38(26-27)34(42)31-18-11-22-40(31)35(43)32-19-10-21-39(32)33(41)24-36(28-12-4-1-5-13-28,29-14-6-2-7-15-29)30-16-8-3-9-17-30;3-2(4,5)1(6)7/h1-9,12-17,27,31-32H,10-11,18-26,37H2;(H,6,7)/t27?,31-,32+;/m1./s1. The summed E-state index contributed by atoms with van der Waals surface area (Å²) in [6, 6.07) is 29.6. The van der Waals surface area contributed by atoms with Gasteiger partial charge in [-0.2, -0.15) is 13.2 Å². The number of carboxylic acids is 1. The third-order valence-corrected chi connectivity index (χ3v) is 10.1. The SMILES string of the molecule is NCC1CCN(C(=O)[C@H]2CCCN2C(=O)[C@@H]2CCCN2C(=O)CC(c2ccccc2)(c2ccccc2)c2ccccc2)C1.O=C(O)C(F)(F)F. The highest BCUT2D eigenvalue weighted by atomic mass is 19.4. The molecule has 3 heterocycles. The number of carbonyl (C=O) groups excluding carboxylic acids is 3. The number of benzene rings is 3. The van der Waals surface area contributed by atoms with Crippen LogP contribution in [0.25, 0.3) is 0 Å². The quantitative estimate of drug-likeness (QED) is 0.326. The van der Waals surface area contributed by atoms with Gasteiger partial charge in [-0.25, -0.2) is 4.79 Å². The first-order chi connectivity index (χ1) is 24.0. The zero-order valence-electron chi connectivity index (χ0n) is 27.8. The Morgan fingerprint density at radius 2 is 1.12 bits per heavy atom. The van der Waals surface area contributed by atoms with Gasteiger partial charge in [-0.3, -0.25) is 14.4 Å². The van der Waals surface area contributed by atoms with Crippen LogP contribution in [0.4, 0.5) is 13.2 Å². The molecule has 50 heavy (non-hydrogen) atoms. The van der Waals surface area contributed by atoms with Crippen LogP contribution < -0.4 is 5.73 Å². The zero-order valence-corrected chi connectivity index (χ0v) is 27.8. The minimum Gasteiger partial charge on any atom is -0.475 e. The summed E-state index contributed by atoms with van der Waals surface area (Å²) in [6.45, 7) is 3.05. The molecule has 3 N–H and O–H groups in total. The fourth-order valence-corrected chi connectivity index (χ4v) is 7.54. The van der Waals surface area contributed by atoms with Gasteiger partial charge >= 0.3 is 12.1 Å². The minimum absolute atomic E-state index is 0.0360. The number of halogens is 3. The number of aliphatic carboxylic acids is 1. The number of nitrogens with zero attached hydrogens (tertiary/aromatic N) is 3. The Hall–Kier alpha value is -4.71. The number of carboxylic acid groups (broad SMARTS) is 1. The zero-order chi connectivity index (χ0) is 35.9. The first-order valence-electron chi connectivity index (χ1n) is 17.0. The van der Waals surface area contributed by atoms with Gasteiger partial charge in [0.25, 0.3) is 0 Å². The van der Waals surface area contributed by atoms with E-state index >= 15 is 0 Å². The maximum absolute atomic E-state index is 14.5. The van der Waals surface area contributed by atoms with Gasteiger partial charge in [0.1, 0.15) is 12.1 Å². The van der Waals surface area contributed by atoms with E-state index in [1.807, 2.05) is 59.5 Å². The fourth-order valence-electron chi connectivity index (χ4n) is 7.54. The van der Waals surface area contributed by atoms with Gasteiger partial charge in [-0.1, -0.05) is 91.0 Å². The number of alkyl halides is 3. The van der Waals surface area contributed by atoms with Crippen molar-refractivity contribution in [1.82, 2.24) is 14.7 Å². The van der Waals surface area contributed by atoms with Gasteiger partial charge in [0.05, 0.1) is 5.41 Å². The second-order valence-corrected chi connectivity index (χ2v) is 13.1. The van der Waals surface area contributed by atoms with Crippen LogP contribution in [0.5, 0.6) is 0 Å². The van der Waals surface area contributed by atoms with Crippen molar-refractivity contribution in [2.75, 3.05) is 32.7 Å². The number of nitrogens with two attached hydrogens (primary N) is 1. The Bertz CT molecular complexity index is 1530. The molecule has 3 aromatic rings. The van der Waals surface area contributed by atoms with Crippen molar-refractivity contribution in [2.45, 2.75) is 62.2 Å². The molecule has 3 amide bonds. The molecule has 1 unspecified atom stereocenters. The lowest BCUT2D eigenvalue weighted by molar-refractivity contribution is -0.192. The van der Waals surface area contributed by atoms with E-state index in [0.29, 0.717) is 51.5 Å². The molecule has 0 radical (unpaired) electrons. The molecule has 12 heteroatoms. The van der Waals surface area contributed by atoms with Crippen LogP contribution in [0, 0.1) is 5.92 Å². The molecule has 266 valence electrons. The van der Waals surface area contributed by atoms with Crippen molar-refractivity contribution in [2.24, 2.45) is 11.7 Å². The molecule has 0 saturated carbocycles. The predicted octanol–water partition coefficient (Wildman–Crippen LogP) is 4.83. The van der Waals surface area contributed by atoms with Crippen LogP contribution in [0.15, 0.2) is 91.0 Å². The smallest absolute Gasteiger partial charge is 0.475 e. The third-order valence-electron chi connectivity index (χ3n) is 10.1. The van der Waals surface area contributed by atoms with Crippen LogP contribution in [0.1, 0.15) is 55.2 Å². The Morgan fingerprint density at radius 3 is 1.54 bits per heavy atom. The molecule has 0 aliphatic carbocycles. The monoisotopic (exact) mass is 692 g/mol. The second kappa shape index (κ2) is 15.9. The van der Waals surface area contributed by atoms with Crippen molar-refractivity contribution >= 4 is 23.7 Å². The summed E-state index contributed by atoms with van der Waals surface area (Å²) >= 11 is 0. The molecule has 3 aromatic carbocycles. The topological polar surface area (TPSA) is 124 Å².